The van der Waals surface area contributed by atoms with Crippen molar-refractivity contribution >= 4 is 17.7 Å². The summed E-state index contributed by atoms with van der Waals surface area (Å²) in [6, 6.07) is 11.7. The SMILES string of the molecule is Cc1ccc(Cl)c(-c2ccc3c(c2)OCC(C)(C)C3OC(N)=O)c1. The topological polar surface area (TPSA) is 61.6 Å². The minimum Gasteiger partial charge on any atom is -0.492 e. The van der Waals surface area contributed by atoms with Crippen LogP contribution in [0.15, 0.2) is 36.4 Å². The number of amides is 1. The minimum atomic E-state index is -0.785. The number of ether oxygens (including phenoxy) is 2. The molecule has 1 atom stereocenters. The lowest BCUT2D eigenvalue weighted by Gasteiger charge is -2.38. The molecule has 0 aliphatic carbocycles. The summed E-state index contributed by atoms with van der Waals surface area (Å²) in [5.74, 6) is 0.690. The van der Waals surface area contributed by atoms with Gasteiger partial charge in [-0.2, -0.15) is 0 Å². The zero-order valence-electron chi connectivity index (χ0n) is 13.9. The second kappa shape index (κ2) is 6.02. The lowest BCUT2D eigenvalue weighted by atomic mass is 9.80. The van der Waals surface area contributed by atoms with Crippen LogP contribution in [-0.2, 0) is 4.74 Å². The monoisotopic (exact) mass is 345 g/mol. The summed E-state index contributed by atoms with van der Waals surface area (Å²) in [6.07, 6.45) is -1.23. The van der Waals surface area contributed by atoms with E-state index in [4.69, 9.17) is 26.8 Å². The summed E-state index contributed by atoms with van der Waals surface area (Å²) < 4.78 is 11.3. The Kier molecular flexibility index (Phi) is 4.18. The van der Waals surface area contributed by atoms with Crippen molar-refractivity contribution in [2.45, 2.75) is 26.9 Å². The van der Waals surface area contributed by atoms with E-state index in [9.17, 15) is 4.79 Å². The summed E-state index contributed by atoms with van der Waals surface area (Å²) in [7, 11) is 0. The van der Waals surface area contributed by atoms with Crippen molar-refractivity contribution in [3.63, 3.8) is 0 Å². The quantitative estimate of drug-likeness (QED) is 0.844. The molecule has 24 heavy (non-hydrogen) atoms. The average Bonchev–Trinajstić information content (AvgIpc) is 2.52. The Balaban J connectivity index is 2.06. The second-order valence-electron chi connectivity index (χ2n) is 6.83. The van der Waals surface area contributed by atoms with Gasteiger partial charge in [-0.25, -0.2) is 4.79 Å². The third-order valence-corrected chi connectivity index (χ3v) is 4.60. The van der Waals surface area contributed by atoms with E-state index in [2.05, 4.69) is 0 Å². The Morgan fingerprint density at radius 1 is 1.29 bits per heavy atom. The van der Waals surface area contributed by atoms with Crippen LogP contribution in [0.1, 0.15) is 31.1 Å². The number of carbonyl (C=O) groups is 1. The van der Waals surface area contributed by atoms with E-state index in [1.807, 2.05) is 57.2 Å². The van der Waals surface area contributed by atoms with Crippen LogP contribution >= 0.6 is 11.6 Å². The first-order valence-electron chi connectivity index (χ1n) is 7.77. The standard InChI is InChI=1S/C19H20ClNO3/c1-11-4-7-15(20)14(8-11)12-5-6-13-16(9-12)23-10-19(2,3)17(13)24-18(21)22/h4-9,17H,10H2,1-3H3,(H2,21,22). The number of benzene rings is 2. The second-order valence-corrected chi connectivity index (χ2v) is 7.24. The first-order valence-corrected chi connectivity index (χ1v) is 8.15. The number of nitrogens with two attached hydrogens (primary N) is 1. The van der Waals surface area contributed by atoms with Gasteiger partial charge in [-0.15, -0.1) is 0 Å². The fourth-order valence-electron chi connectivity index (χ4n) is 3.00. The molecule has 0 saturated heterocycles. The van der Waals surface area contributed by atoms with Gasteiger partial charge in [0.2, 0.25) is 0 Å². The van der Waals surface area contributed by atoms with E-state index in [0.29, 0.717) is 17.4 Å². The van der Waals surface area contributed by atoms with Gasteiger partial charge in [-0.3, -0.25) is 0 Å². The lowest BCUT2D eigenvalue weighted by Crippen LogP contribution is -2.37. The van der Waals surface area contributed by atoms with Crippen LogP contribution in [0.25, 0.3) is 11.1 Å². The van der Waals surface area contributed by atoms with Crippen LogP contribution in [0, 0.1) is 12.3 Å². The fraction of sp³-hybridized carbons (Fsp3) is 0.316. The molecule has 5 heteroatoms. The van der Waals surface area contributed by atoms with E-state index in [0.717, 1.165) is 22.3 Å². The van der Waals surface area contributed by atoms with Crippen molar-refractivity contribution in [2.24, 2.45) is 11.1 Å². The Morgan fingerprint density at radius 3 is 2.75 bits per heavy atom. The zero-order chi connectivity index (χ0) is 17.5. The summed E-state index contributed by atoms with van der Waals surface area (Å²) in [5, 5.41) is 0.682. The largest absolute Gasteiger partial charge is 0.492 e. The van der Waals surface area contributed by atoms with Gasteiger partial charge in [0.25, 0.3) is 0 Å². The Bertz CT molecular complexity index is 801. The smallest absolute Gasteiger partial charge is 0.405 e. The molecule has 0 radical (unpaired) electrons. The lowest BCUT2D eigenvalue weighted by molar-refractivity contribution is -0.0176. The van der Waals surface area contributed by atoms with Gasteiger partial charge in [-0.05, 0) is 30.7 Å². The maximum Gasteiger partial charge on any atom is 0.405 e. The molecule has 126 valence electrons. The summed E-state index contributed by atoms with van der Waals surface area (Å²) in [6.45, 7) is 6.42. The highest BCUT2D eigenvalue weighted by Crippen LogP contribution is 2.46. The molecule has 2 N–H and O–H groups in total. The molecule has 0 aromatic heterocycles. The maximum absolute atomic E-state index is 11.3. The van der Waals surface area contributed by atoms with Gasteiger partial charge in [0.15, 0.2) is 0 Å². The number of halogens is 1. The van der Waals surface area contributed by atoms with Crippen LogP contribution in [0.3, 0.4) is 0 Å². The van der Waals surface area contributed by atoms with Crippen molar-refractivity contribution in [2.75, 3.05) is 6.61 Å². The summed E-state index contributed by atoms with van der Waals surface area (Å²) in [5.41, 5.74) is 8.73. The van der Waals surface area contributed by atoms with Gasteiger partial charge >= 0.3 is 6.09 Å². The molecule has 4 nitrogen and oxygen atoms in total. The van der Waals surface area contributed by atoms with Crippen molar-refractivity contribution in [3.05, 3.63) is 52.5 Å². The molecule has 0 fully saturated rings. The van der Waals surface area contributed by atoms with Gasteiger partial charge in [0.1, 0.15) is 11.9 Å². The van der Waals surface area contributed by atoms with Gasteiger partial charge < -0.3 is 15.2 Å². The van der Waals surface area contributed by atoms with E-state index < -0.39 is 12.2 Å². The summed E-state index contributed by atoms with van der Waals surface area (Å²) >= 11 is 6.33. The van der Waals surface area contributed by atoms with Crippen molar-refractivity contribution in [1.29, 1.82) is 0 Å². The Labute approximate surface area is 146 Å². The third-order valence-electron chi connectivity index (χ3n) is 4.27. The van der Waals surface area contributed by atoms with Crippen LogP contribution < -0.4 is 10.5 Å². The van der Waals surface area contributed by atoms with E-state index in [1.54, 1.807) is 0 Å². The number of aryl methyl sites for hydroxylation is 1. The van der Waals surface area contributed by atoms with Gasteiger partial charge in [0.05, 0.1) is 6.61 Å². The maximum atomic E-state index is 11.3. The molecule has 1 unspecified atom stereocenters. The van der Waals surface area contributed by atoms with E-state index >= 15 is 0 Å². The number of fused-ring (bicyclic) bond motifs is 1. The first-order chi connectivity index (χ1) is 11.3. The number of rotatable bonds is 2. The highest BCUT2D eigenvalue weighted by Gasteiger charge is 2.40. The highest BCUT2D eigenvalue weighted by molar-refractivity contribution is 6.33. The molecule has 2 aromatic carbocycles. The predicted molar refractivity (Wildman–Crippen MR) is 94.3 cm³/mol. The molecule has 2 aromatic rings. The minimum absolute atomic E-state index is 0.357. The molecular formula is C19H20ClNO3. The van der Waals surface area contributed by atoms with Crippen LogP contribution in [0.4, 0.5) is 4.79 Å². The molecule has 1 aliphatic rings. The molecule has 0 saturated carbocycles. The predicted octanol–water partition coefficient (Wildman–Crippen LogP) is 4.87. The molecule has 1 aliphatic heterocycles. The molecular weight excluding hydrogens is 326 g/mol. The molecule has 3 rings (SSSR count). The van der Waals surface area contributed by atoms with Crippen LogP contribution in [0.5, 0.6) is 5.75 Å². The fourth-order valence-corrected chi connectivity index (χ4v) is 3.23. The number of primary amides is 1. The van der Waals surface area contributed by atoms with Crippen molar-refractivity contribution in [3.8, 4) is 16.9 Å². The highest BCUT2D eigenvalue weighted by atomic mass is 35.5. The number of carbonyl (C=O) groups excluding carboxylic acids is 1. The van der Waals surface area contributed by atoms with Gasteiger partial charge in [0, 0.05) is 21.6 Å². The van der Waals surface area contributed by atoms with Crippen molar-refractivity contribution in [1.82, 2.24) is 0 Å². The molecule has 1 heterocycles. The molecule has 0 spiro atoms. The molecule has 1 amide bonds. The Hall–Kier alpha value is -2.20. The van der Waals surface area contributed by atoms with Crippen molar-refractivity contribution < 1.29 is 14.3 Å². The zero-order valence-corrected chi connectivity index (χ0v) is 14.7. The summed E-state index contributed by atoms with van der Waals surface area (Å²) in [4.78, 5) is 11.3. The van der Waals surface area contributed by atoms with Gasteiger partial charge in [-0.1, -0.05) is 49.2 Å². The Morgan fingerprint density at radius 2 is 2.04 bits per heavy atom. The third kappa shape index (κ3) is 3.06. The van der Waals surface area contributed by atoms with E-state index in [-0.39, 0.29) is 5.41 Å². The van der Waals surface area contributed by atoms with Crippen LogP contribution in [0.2, 0.25) is 5.02 Å². The number of hydrogen-bond acceptors (Lipinski definition) is 3. The van der Waals surface area contributed by atoms with E-state index in [1.165, 1.54) is 0 Å². The average molecular weight is 346 g/mol. The first kappa shape index (κ1) is 16.7. The molecule has 0 bridgehead atoms. The number of hydrogen-bond donors (Lipinski definition) is 1. The van der Waals surface area contributed by atoms with Crippen LogP contribution in [-0.4, -0.2) is 12.7 Å². The normalized spacial score (nSPS) is 18.4.